The van der Waals surface area contributed by atoms with Gasteiger partial charge in [-0.25, -0.2) is 0 Å². The van der Waals surface area contributed by atoms with Crippen molar-refractivity contribution in [3.05, 3.63) is 42.4 Å². The molecule has 19 heavy (non-hydrogen) atoms. The van der Waals surface area contributed by atoms with E-state index < -0.39 is 0 Å². The summed E-state index contributed by atoms with van der Waals surface area (Å²) < 4.78 is 5.34. The third kappa shape index (κ3) is 1.83. The van der Waals surface area contributed by atoms with Crippen molar-refractivity contribution < 1.29 is 4.52 Å². The molecule has 0 aliphatic heterocycles. The van der Waals surface area contributed by atoms with Gasteiger partial charge < -0.3 is 4.52 Å². The van der Waals surface area contributed by atoms with E-state index in [2.05, 4.69) is 20.3 Å². The smallest absolute Gasteiger partial charge is 0.276 e. The Morgan fingerprint density at radius 1 is 1.16 bits per heavy atom. The standard InChI is InChI=1S/C14H12N4O/c1-2-4-9(5-3-1)11-8-15-17-12(11)14-16-13(18-19-14)10-6-7-10/h1-5,8,10H,6-7H2,(H,15,17). The summed E-state index contributed by atoms with van der Waals surface area (Å²) in [6.07, 6.45) is 4.10. The maximum Gasteiger partial charge on any atom is 0.276 e. The van der Waals surface area contributed by atoms with E-state index >= 15 is 0 Å². The van der Waals surface area contributed by atoms with Gasteiger partial charge in [-0.1, -0.05) is 35.5 Å². The lowest BCUT2D eigenvalue weighted by atomic mass is 10.1. The average molecular weight is 252 g/mol. The van der Waals surface area contributed by atoms with Crippen molar-refractivity contribution in [2.45, 2.75) is 18.8 Å². The van der Waals surface area contributed by atoms with Crippen LogP contribution in [0.3, 0.4) is 0 Å². The van der Waals surface area contributed by atoms with Crippen molar-refractivity contribution in [1.29, 1.82) is 0 Å². The second kappa shape index (κ2) is 4.05. The van der Waals surface area contributed by atoms with Gasteiger partial charge in [-0.2, -0.15) is 10.1 Å². The maximum absolute atomic E-state index is 5.34. The molecule has 0 radical (unpaired) electrons. The molecule has 5 heteroatoms. The monoisotopic (exact) mass is 252 g/mol. The van der Waals surface area contributed by atoms with Crippen LogP contribution in [0.25, 0.3) is 22.7 Å². The minimum Gasteiger partial charge on any atom is -0.332 e. The predicted molar refractivity (Wildman–Crippen MR) is 69.3 cm³/mol. The van der Waals surface area contributed by atoms with Crippen LogP contribution in [0.5, 0.6) is 0 Å². The Hall–Kier alpha value is -2.43. The number of aromatic nitrogens is 4. The van der Waals surface area contributed by atoms with Crippen LogP contribution in [-0.4, -0.2) is 20.3 Å². The number of nitrogens with zero attached hydrogens (tertiary/aromatic N) is 3. The number of hydrogen-bond donors (Lipinski definition) is 1. The normalized spacial score (nSPS) is 14.7. The molecule has 2 aromatic heterocycles. The molecule has 0 bridgehead atoms. The van der Waals surface area contributed by atoms with Crippen LogP contribution in [0.2, 0.25) is 0 Å². The highest BCUT2D eigenvalue weighted by Crippen LogP contribution is 2.39. The molecule has 0 amide bonds. The van der Waals surface area contributed by atoms with E-state index in [-0.39, 0.29) is 0 Å². The van der Waals surface area contributed by atoms with Crippen LogP contribution in [0.1, 0.15) is 24.6 Å². The first kappa shape index (κ1) is 10.5. The first-order chi connectivity index (χ1) is 9.42. The molecule has 0 unspecified atom stereocenters. The summed E-state index contributed by atoms with van der Waals surface area (Å²) in [4.78, 5) is 4.45. The lowest BCUT2D eigenvalue weighted by Gasteiger charge is -1.98. The SMILES string of the molecule is c1ccc(-c2cn[nH]c2-c2nc(C3CC3)no2)cc1. The zero-order valence-electron chi connectivity index (χ0n) is 10.2. The Balaban J connectivity index is 1.77. The number of rotatable bonds is 3. The van der Waals surface area contributed by atoms with Crippen molar-refractivity contribution in [3.8, 4) is 22.7 Å². The highest BCUT2D eigenvalue weighted by Gasteiger charge is 2.29. The highest BCUT2D eigenvalue weighted by atomic mass is 16.5. The summed E-state index contributed by atoms with van der Waals surface area (Å²) in [5.74, 6) is 1.81. The fraction of sp³-hybridized carbons (Fsp3) is 0.214. The molecular formula is C14H12N4O. The van der Waals surface area contributed by atoms with E-state index in [1.54, 1.807) is 6.20 Å². The second-order valence-corrected chi connectivity index (χ2v) is 4.76. The van der Waals surface area contributed by atoms with Crippen molar-refractivity contribution in [1.82, 2.24) is 20.3 Å². The van der Waals surface area contributed by atoms with Crippen LogP contribution < -0.4 is 0 Å². The lowest BCUT2D eigenvalue weighted by Crippen LogP contribution is -1.84. The summed E-state index contributed by atoms with van der Waals surface area (Å²) in [5, 5.41) is 11.1. The first-order valence-electron chi connectivity index (χ1n) is 6.34. The van der Waals surface area contributed by atoms with Crippen molar-refractivity contribution in [2.75, 3.05) is 0 Å². The van der Waals surface area contributed by atoms with E-state index in [0.717, 1.165) is 35.5 Å². The van der Waals surface area contributed by atoms with Gasteiger partial charge in [0.05, 0.1) is 6.20 Å². The lowest BCUT2D eigenvalue weighted by molar-refractivity contribution is 0.421. The first-order valence-corrected chi connectivity index (χ1v) is 6.34. The van der Waals surface area contributed by atoms with Gasteiger partial charge in [0, 0.05) is 11.5 Å². The average Bonchev–Trinajstić information content (AvgIpc) is 3.02. The molecule has 1 N–H and O–H groups in total. The Bertz CT molecular complexity index is 697. The topological polar surface area (TPSA) is 67.6 Å². The summed E-state index contributed by atoms with van der Waals surface area (Å²) in [5.41, 5.74) is 2.84. The van der Waals surface area contributed by atoms with Gasteiger partial charge in [-0.3, -0.25) is 5.10 Å². The molecule has 1 aliphatic rings. The Kier molecular flexibility index (Phi) is 2.24. The fourth-order valence-electron chi connectivity index (χ4n) is 2.13. The number of aromatic amines is 1. The van der Waals surface area contributed by atoms with Crippen LogP contribution in [0, 0.1) is 0 Å². The molecule has 1 fully saturated rings. The van der Waals surface area contributed by atoms with Gasteiger partial charge >= 0.3 is 0 Å². The third-order valence-corrected chi connectivity index (χ3v) is 3.32. The molecule has 0 saturated heterocycles. The molecule has 0 atom stereocenters. The van der Waals surface area contributed by atoms with E-state index in [1.807, 2.05) is 30.3 Å². The molecule has 3 aromatic rings. The highest BCUT2D eigenvalue weighted by molar-refractivity contribution is 5.76. The second-order valence-electron chi connectivity index (χ2n) is 4.76. The van der Waals surface area contributed by atoms with Gasteiger partial charge in [0.2, 0.25) is 0 Å². The van der Waals surface area contributed by atoms with Crippen LogP contribution >= 0.6 is 0 Å². The van der Waals surface area contributed by atoms with E-state index in [0.29, 0.717) is 11.8 Å². The molecular weight excluding hydrogens is 240 g/mol. The summed E-state index contributed by atoms with van der Waals surface area (Å²) in [6, 6.07) is 10.0. The number of benzene rings is 1. The molecule has 1 aromatic carbocycles. The van der Waals surface area contributed by atoms with Crippen molar-refractivity contribution in [2.24, 2.45) is 0 Å². The molecule has 0 spiro atoms. The number of hydrogen-bond acceptors (Lipinski definition) is 4. The van der Waals surface area contributed by atoms with Gasteiger partial charge in [-0.15, -0.1) is 0 Å². The van der Waals surface area contributed by atoms with Crippen LogP contribution in [0.4, 0.5) is 0 Å². The van der Waals surface area contributed by atoms with Gasteiger partial charge in [0.25, 0.3) is 5.89 Å². The van der Waals surface area contributed by atoms with Gasteiger partial charge in [0.1, 0.15) is 5.69 Å². The quantitative estimate of drug-likeness (QED) is 0.778. The van der Waals surface area contributed by atoms with E-state index in [1.165, 1.54) is 0 Å². The van der Waals surface area contributed by atoms with E-state index in [4.69, 9.17) is 4.52 Å². The Labute approximate surface area is 109 Å². The fourth-order valence-corrected chi connectivity index (χ4v) is 2.13. The minimum absolute atomic E-state index is 0.487. The molecule has 1 saturated carbocycles. The Morgan fingerprint density at radius 3 is 2.79 bits per heavy atom. The predicted octanol–water partition coefficient (Wildman–Crippen LogP) is 3.00. The number of H-pyrrole nitrogens is 1. The Morgan fingerprint density at radius 2 is 2.00 bits per heavy atom. The van der Waals surface area contributed by atoms with E-state index in [9.17, 15) is 0 Å². The third-order valence-electron chi connectivity index (χ3n) is 3.32. The molecule has 1 aliphatic carbocycles. The zero-order valence-corrected chi connectivity index (χ0v) is 10.2. The summed E-state index contributed by atoms with van der Waals surface area (Å²) in [7, 11) is 0. The largest absolute Gasteiger partial charge is 0.332 e. The maximum atomic E-state index is 5.34. The van der Waals surface area contributed by atoms with Gasteiger partial charge in [-0.05, 0) is 18.4 Å². The van der Waals surface area contributed by atoms with Crippen LogP contribution in [0.15, 0.2) is 41.1 Å². The molecule has 94 valence electrons. The zero-order chi connectivity index (χ0) is 12.7. The number of nitrogens with one attached hydrogen (secondary N) is 1. The molecule has 5 nitrogen and oxygen atoms in total. The van der Waals surface area contributed by atoms with Crippen molar-refractivity contribution >= 4 is 0 Å². The molecule has 2 heterocycles. The van der Waals surface area contributed by atoms with Gasteiger partial charge in [0.15, 0.2) is 5.82 Å². The summed E-state index contributed by atoms with van der Waals surface area (Å²) >= 11 is 0. The minimum atomic E-state index is 0.487. The summed E-state index contributed by atoms with van der Waals surface area (Å²) in [6.45, 7) is 0. The molecule has 4 rings (SSSR count). The van der Waals surface area contributed by atoms with Crippen LogP contribution in [-0.2, 0) is 0 Å². The van der Waals surface area contributed by atoms with Crippen molar-refractivity contribution in [3.63, 3.8) is 0 Å².